The Labute approximate surface area is 125 Å². The molecule has 0 spiro atoms. The van der Waals surface area contributed by atoms with Crippen LogP contribution in [0.5, 0.6) is 0 Å². The summed E-state index contributed by atoms with van der Waals surface area (Å²) in [6.45, 7) is 2.05. The molecule has 0 N–H and O–H groups in total. The van der Waals surface area contributed by atoms with Gasteiger partial charge in [0.2, 0.25) is 5.82 Å². The van der Waals surface area contributed by atoms with Gasteiger partial charge in [-0.1, -0.05) is 58.4 Å². The SMILES string of the molecule is Cc1cc(CBr)ccc1-n1nnc(-c2ccccc2)n1. The van der Waals surface area contributed by atoms with E-state index in [4.69, 9.17) is 0 Å². The van der Waals surface area contributed by atoms with Gasteiger partial charge in [-0.3, -0.25) is 0 Å². The summed E-state index contributed by atoms with van der Waals surface area (Å²) >= 11 is 3.46. The van der Waals surface area contributed by atoms with Gasteiger partial charge in [0, 0.05) is 10.9 Å². The molecule has 1 heterocycles. The number of hydrogen-bond acceptors (Lipinski definition) is 3. The van der Waals surface area contributed by atoms with Gasteiger partial charge in [0.1, 0.15) is 0 Å². The van der Waals surface area contributed by atoms with Crippen LogP contribution in [-0.4, -0.2) is 20.2 Å². The zero-order valence-electron chi connectivity index (χ0n) is 11.0. The maximum Gasteiger partial charge on any atom is 0.205 e. The zero-order chi connectivity index (χ0) is 13.9. The number of benzene rings is 2. The predicted octanol–water partition coefficient (Wildman–Crippen LogP) is 3.53. The quantitative estimate of drug-likeness (QED) is 0.691. The Balaban J connectivity index is 1.98. The molecule has 2 aromatic carbocycles. The van der Waals surface area contributed by atoms with Crippen LogP contribution < -0.4 is 0 Å². The molecule has 0 aliphatic carbocycles. The molecule has 1 aromatic heterocycles. The fourth-order valence-electron chi connectivity index (χ4n) is 2.04. The lowest BCUT2D eigenvalue weighted by Gasteiger charge is -2.05. The van der Waals surface area contributed by atoms with Crippen LogP contribution >= 0.6 is 15.9 Å². The Morgan fingerprint density at radius 1 is 1.10 bits per heavy atom. The van der Waals surface area contributed by atoms with Gasteiger partial charge in [-0.2, -0.15) is 0 Å². The molecule has 5 heteroatoms. The first kappa shape index (κ1) is 13.0. The van der Waals surface area contributed by atoms with Gasteiger partial charge in [0.25, 0.3) is 0 Å². The maximum absolute atomic E-state index is 4.45. The Morgan fingerprint density at radius 2 is 1.90 bits per heavy atom. The van der Waals surface area contributed by atoms with E-state index in [0.29, 0.717) is 5.82 Å². The Hall–Kier alpha value is -2.01. The van der Waals surface area contributed by atoms with Crippen LogP contribution in [0.4, 0.5) is 0 Å². The Kier molecular flexibility index (Phi) is 3.60. The van der Waals surface area contributed by atoms with E-state index in [1.165, 1.54) is 5.56 Å². The second kappa shape index (κ2) is 5.54. The summed E-state index contributed by atoms with van der Waals surface area (Å²) in [7, 11) is 0. The number of aryl methyl sites for hydroxylation is 1. The summed E-state index contributed by atoms with van der Waals surface area (Å²) < 4.78 is 0. The summed E-state index contributed by atoms with van der Waals surface area (Å²) in [6.07, 6.45) is 0. The van der Waals surface area contributed by atoms with E-state index in [1.54, 1.807) is 4.80 Å². The molecular weight excluding hydrogens is 316 g/mol. The minimum Gasteiger partial charge on any atom is -0.130 e. The van der Waals surface area contributed by atoms with Gasteiger partial charge >= 0.3 is 0 Å². The fourth-order valence-corrected chi connectivity index (χ4v) is 2.39. The second-order valence-electron chi connectivity index (χ2n) is 4.52. The van der Waals surface area contributed by atoms with Crippen LogP contribution in [0.3, 0.4) is 0 Å². The average molecular weight is 329 g/mol. The topological polar surface area (TPSA) is 43.6 Å². The highest BCUT2D eigenvalue weighted by Crippen LogP contribution is 2.18. The highest BCUT2D eigenvalue weighted by atomic mass is 79.9. The van der Waals surface area contributed by atoms with Crippen LogP contribution in [0.1, 0.15) is 11.1 Å². The molecule has 100 valence electrons. The first-order valence-electron chi connectivity index (χ1n) is 6.29. The molecule has 20 heavy (non-hydrogen) atoms. The molecule has 0 unspecified atom stereocenters. The van der Waals surface area contributed by atoms with E-state index in [-0.39, 0.29) is 0 Å². The van der Waals surface area contributed by atoms with Crippen molar-refractivity contribution < 1.29 is 0 Å². The molecule has 0 saturated carbocycles. The lowest BCUT2D eigenvalue weighted by molar-refractivity contribution is 0.716. The summed E-state index contributed by atoms with van der Waals surface area (Å²) in [5, 5.41) is 13.6. The third kappa shape index (κ3) is 2.49. The normalized spacial score (nSPS) is 10.7. The van der Waals surface area contributed by atoms with E-state index in [9.17, 15) is 0 Å². The average Bonchev–Trinajstić information content (AvgIpc) is 2.97. The zero-order valence-corrected chi connectivity index (χ0v) is 12.6. The molecular formula is C15H13BrN4. The lowest BCUT2D eigenvalue weighted by Crippen LogP contribution is -2.02. The summed E-state index contributed by atoms with van der Waals surface area (Å²) in [5.74, 6) is 0.634. The van der Waals surface area contributed by atoms with Gasteiger partial charge < -0.3 is 0 Å². The fraction of sp³-hybridized carbons (Fsp3) is 0.133. The maximum atomic E-state index is 4.45. The summed E-state index contributed by atoms with van der Waals surface area (Å²) in [6, 6.07) is 16.0. The molecule has 3 rings (SSSR count). The van der Waals surface area contributed by atoms with E-state index in [0.717, 1.165) is 22.1 Å². The number of nitrogens with zero attached hydrogens (tertiary/aromatic N) is 4. The third-order valence-corrected chi connectivity index (χ3v) is 3.72. The molecule has 0 radical (unpaired) electrons. The number of alkyl halides is 1. The van der Waals surface area contributed by atoms with Crippen molar-refractivity contribution in [2.75, 3.05) is 0 Å². The molecule has 0 aliphatic rings. The number of rotatable bonds is 3. The van der Waals surface area contributed by atoms with Crippen molar-refractivity contribution in [3.63, 3.8) is 0 Å². The van der Waals surface area contributed by atoms with Crippen molar-refractivity contribution in [1.29, 1.82) is 0 Å². The van der Waals surface area contributed by atoms with Gasteiger partial charge in [0.15, 0.2) is 0 Å². The van der Waals surface area contributed by atoms with E-state index in [1.807, 2.05) is 43.3 Å². The summed E-state index contributed by atoms with van der Waals surface area (Å²) in [5.41, 5.74) is 4.27. The highest BCUT2D eigenvalue weighted by molar-refractivity contribution is 9.08. The second-order valence-corrected chi connectivity index (χ2v) is 5.08. The van der Waals surface area contributed by atoms with Crippen molar-refractivity contribution in [2.45, 2.75) is 12.3 Å². The molecule has 0 aliphatic heterocycles. The van der Waals surface area contributed by atoms with Gasteiger partial charge in [-0.15, -0.1) is 15.0 Å². The highest BCUT2D eigenvalue weighted by Gasteiger charge is 2.09. The van der Waals surface area contributed by atoms with Crippen molar-refractivity contribution in [3.05, 3.63) is 59.7 Å². The number of aromatic nitrogens is 4. The summed E-state index contributed by atoms with van der Waals surface area (Å²) in [4.78, 5) is 1.58. The van der Waals surface area contributed by atoms with Crippen molar-refractivity contribution in [1.82, 2.24) is 20.2 Å². The minimum absolute atomic E-state index is 0.634. The number of tetrazole rings is 1. The standard InChI is InChI=1S/C15H13BrN4/c1-11-9-12(10-16)7-8-14(11)20-18-15(17-19-20)13-5-3-2-4-6-13/h2-9H,10H2,1H3. The van der Waals surface area contributed by atoms with Gasteiger partial charge in [-0.05, 0) is 29.3 Å². The predicted molar refractivity (Wildman–Crippen MR) is 82.0 cm³/mol. The van der Waals surface area contributed by atoms with Crippen LogP contribution in [0.25, 0.3) is 17.1 Å². The van der Waals surface area contributed by atoms with Crippen molar-refractivity contribution in [2.24, 2.45) is 0 Å². The first-order chi connectivity index (χ1) is 9.78. The lowest BCUT2D eigenvalue weighted by atomic mass is 10.1. The van der Waals surface area contributed by atoms with Crippen LogP contribution in [0.15, 0.2) is 48.5 Å². The first-order valence-corrected chi connectivity index (χ1v) is 7.41. The van der Waals surface area contributed by atoms with Gasteiger partial charge in [-0.25, -0.2) is 0 Å². The number of hydrogen-bond donors (Lipinski definition) is 0. The van der Waals surface area contributed by atoms with Crippen LogP contribution in [0.2, 0.25) is 0 Å². The molecule has 0 amide bonds. The molecule has 0 bridgehead atoms. The molecule has 0 fully saturated rings. The minimum atomic E-state index is 0.634. The Morgan fingerprint density at radius 3 is 2.60 bits per heavy atom. The van der Waals surface area contributed by atoms with Crippen LogP contribution in [-0.2, 0) is 5.33 Å². The molecule has 3 aromatic rings. The van der Waals surface area contributed by atoms with Gasteiger partial charge in [0.05, 0.1) is 5.69 Å². The Bertz CT molecular complexity index is 722. The largest absolute Gasteiger partial charge is 0.205 e. The van der Waals surface area contributed by atoms with Crippen molar-refractivity contribution >= 4 is 15.9 Å². The van der Waals surface area contributed by atoms with Crippen molar-refractivity contribution in [3.8, 4) is 17.1 Å². The van der Waals surface area contributed by atoms with E-state index in [2.05, 4.69) is 43.5 Å². The monoisotopic (exact) mass is 328 g/mol. The van der Waals surface area contributed by atoms with E-state index < -0.39 is 0 Å². The molecule has 4 nitrogen and oxygen atoms in total. The van der Waals surface area contributed by atoms with Crippen LogP contribution in [0, 0.1) is 6.92 Å². The number of halogens is 1. The third-order valence-electron chi connectivity index (χ3n) is 3.08. The molecule has 0 saturated heterocycles. The smallest absolute Gasteiger partial charge is 0.130 e. The molecule has 0 atom stereocenters. The van der Waals surface area contributed by atoms with E-state index >= 15 is 0 Å².